The average molecular weight is 364 g/mol. The highest BCUT2D eigenvalue weighted by Gasteiger charge is 2.29. The van der Waals surface area contributed by atoms with E-state index in [-0.39, 0.29) is 6.23 Å². The molecule has 0 amide bonds. The van der Waals surface area contributed by atoms with Crippen molar-refractivity contribution in [1.82, 2.24) is 15.0 Å². The van der Waals surface area contributed by atoms with E-state index in [2.05, 4.69) is 52.5 Å². The summed E-state index contributed by atoms with van der Waals surface area (Å²) in [7, 11) is 1.67. The predicted molar refractivity (Wildman–Crippen MR) is 104 cm³/mol. The van der Waals surface area contributed by atoms with Crippen LogP contribution in [-0.2, 0) is 17.7 Å². The van der Waals surface area contributed by atoms with E-state index in [1.807, 2.05) is 29.1 Å². The van der Waals surface area contributed by atoms with Crippen LogP contribution in [0.5, 0.6) is 5.75 Å². The number of methoxy groups -OCH3 is 1. The van der Waals surface area contributed by atoms with Crippen LogP contribution in [0.4, 0.5) is 5.69 Å². The van der Waals surface area contributed by atoms with Gasteiger partial charge in [0.25, 0.3) is 0 Å². The van der Waals surface area contributed by atoms with Crippen LogP contribution in [0.25, 0.3) is 0 Å². The predicted octanol–water partition coefficient (Wildman–Crippen LogP) is 3.43. The van der Waals surface area contributed by atoms with Gasteiger partial charge in [0.2, 0.25) is 0 Å². The summed E-state index contributed by atoms with van der Waals surface area (Å²) in [5.41, 5.74) is 4.43. The molecule has 27 heavy (non-hydrogen) atoms. The third-order valence-electron chi connectivity index (χ3n) is 4.86. The maximum absolute atomic E-state index is 5.95. The van der Waals surface area contributed by atoms with Crippen LogP contribution in [0, 0.1) is 0 Å². The molecule has 0 spiro atoms. The van der Waals surface area contributed by atoms with Gasteiger partial charge in [0.05, 0.1) is 26.5 Å². The maximum Gasteiger partial charge on any atom is 0.177 e. The first kappa shape index (κ1) is 17.5. The number of hydrogen-bond donors (Lipinski definition) is 0. The summed E-state index contributed by atoms with van der Waals surface area (Å²) in [4.78, 5) is 2.24. The van der Waals surface area contributed by atoms with Gasteiger partial charge in [-0.3, -0.25) is 0 Å². The quantitative estimate of drug-likeness (QED) is 0.671. The molecule has 1 saturated heterocycles. The lowest BCUT2D eigenvalue weighted by Crippen LogP contribution is -2.23. The van der Waals surface area contributed by atoms with Gasteiger partial charge in [0, 0.05) is 12.2 Å². The van der Waals surface area contributed by atoms with E-state index < -0.39 is 0 Å². The minimum absolute atomic E-state index is 0.198. The molecule has 3 aromatic rings. The first-order valence-electron chi connectivity index (χ1n) is 9.27. The minimum Gasteiger partial charge on any atom is -0.497 e. The van der Waals surface area contributed by atoms with Crippen LogP contribution in [0.1, 0.15) is 30.0 Å². The van der Waals surface area contributed by atoms with Gasteiger partial charge in [-0.05, 0) is 41.8 Å². The van der Waals surface area contributed by atoms with Gasteiger partial charge in [-0.1, -0.05) is 36.4 Å². The van der Waals surface area contributed by atoms with E-state index in [0.29, 0.717) is 13.2 Å². The fourth-order valence-corrected chi connectivity index (χ4v) is 3.36. The summed E-state index contributed by atoms with van der Waals surface area (Å²) in [5.74, 6) is 0.841. The summed E-state index contributed by atoms with van der Waals surface area (Å²) in [5, 5.41) is 8.65. The molecule has 6 heteroatoms. The van der Waals surface area contributed by atoms with Gasteiger partial charge >= 0.3 is 0 Å². The summed E-state index contributed by atoms with van der Waals surface area (Å²) >= 11 is 0. The number of hydrogen-bond acceptors (Lipinski definition) is 5. The summed E-state index contributed by atoms with van der Waals surface area (Å²) in [6.07, 6.45) is 2.80. The molecule has 2 heterocycles. The van der Waals surface area contributed by atoms with Gasteiger partial charge in [-0.15, -0.1) is 5.10 Å². The second-order valence-corrected chi connectivity index (χ2v) is 6.63. The lowest BCUT2D eigenvalue weighted by atomic mass is 10.1. The SMILES string of the molecule is CCc1ccc(N2CCOC2c2cn(Cc3cccc(OC)c3)nn2)cc1. The summed E-state index contributed by atoms with van der Waals surface area (Å²) in [6, 6.07) is 16.6. The van der Waals surface area contributed by atoms with Gasteiger partial charge in [-0.25, -0.2) is 4.68 Å². The van der Waals surface area contributed by atoms with Gasteiger partial charge in [-0.2, -0.15) is 0 Å². The smallest absolute Gasteiger partial charge is 0.177 e. The third kappa shape index (κ3) is 3.80. The highest BCUT2D eigenvalue weighted by molar-refractivity contribution is 5.49. The molecule has 0 radical (unpaired) electrons. The second kappa shape index (κ2) is 7.80. The molecule has 0 bridgehead atoms. The van der Waals surface area contributed by atoms with Gasteiger partial charge < -0.3 is 14.4 Å². The van der Waals surface area contributed by atoms with Gasteiger partial charge in [0.1, 0.15) is 11.4 Å². The molecule has 0 aliphatic carbocycles. The first-order chi connectivity index (χ1) is 13.3. The molecule has 1 aromatic heterocycles. The molecule has 0 saturated carbocycles. The van der Waals surface area contributed by atoms with E-state index in [4.69, 9.17) is 9.47 Å². The normalized spacial score (nSPS) is 16.7. The van der Waals surface area contributed by atoms with Crippen molar-refractivity contribution >= 4 is 5.69 Å². The average Bonchev–Trinajstić information content (AvgIpc) is 3.37. The summed E-state index contributed by atoms with van der Waals surface area (Å²) < 4.78 is 13.1. The zero-order valence-electron chi connectivity index (χ0n) is 15.7. The molecule has 1 aliphatic heterocycles. The number of rotatable bonds is 6. The van der Waals surface area contributed by atoms with Crippen molar-refractivity contribution in [3.8, 4) is 5.75 Å². The molecule has 140 valence electrons. The Labute approximate surface area is 159 Å². The minimum atomic E-state index is -0.198. The molecule has 1 aliphatic rings. The molecule has 0 N–H and O–H groups in total. The standard InChI is InChI=1S/C21H24N4O2/c1-3-16-7-9-18(10-8-16)25-11-12-27-21(25)20-15-24(23-22-20)14-17-5-4-6-19(13-17)26-2/h4-10,13,15,21H,3,11-12,14H2,1-2H3. The van der Waals surface area contributed by atoms with Crippen LogP contribution in [0.3, 0.4) is 0 Å². The van der Waals surface area contributed by atoms with Crippen LogP contribution < -0.4 is 9.64 Å². The Morgan fingerprint density at radius 2 is 2.00 bits per heavy atom. The van der Waals surface area contributed by atoms with E-state index >= 15 is 0 Å². The molecular weight excluding hydrogens is 340 g/mol. The Morgan fingerprint density at radius 3 is 2.78 bits per heavy atom. The Kier molecular flexibility index (Phi) is 5.07. The molecule has 2 aromatic carbocycles. The van der Waals surface area contributed by atoms with E-state index in [9.17, 15) is 0 Å². The van der Waals surface area contributed by atoms with E-state index in [0.717, 1.165) is 35.7 Å². The van der Waals surface area contributed by atoms with Crippen LogP contribution in [-0.4, -0.2) is 35.3 Å². The van der Waals surface area contributed by atoms with Gasteiger partial charge in [0.15, 0.2) is 6.23 Å². The van der Waals surface area contributed by atoms with Crippen molar-refractivity contribution < 1.29 is 9.47 Å². The Balaban J connectivity index is 1.51. The molecule has 6 nitrogen and oxygen atoms in total. The highest BCUT2D eigenvalue weighted by Crippen LogP contribution is 2.31. The number of ether oxygens (including phenoxy) is 2. The van der Waals surface area contributed by atoms with Crippen molar-refractivity contribution in [2.45, 2.75) is 26.1 Å². The van der Waals surface area contributed by atoms with Crippen LogP contribution in [0.15, 0.2) is 54.7 Å². The van der Waals surface area contributed by atoms with E-state index in [1.54, 1.807) is 7.11 Å². The topological polar surface area (TPSA) is 52.4 Å². The number of anilines is 1. The number of aromatic nitrogens is 3. The van der Waals surface area contributed by atoms with Crippen molar-refractivity contribution in [1.29, 1.82) is 0 Å². The molecule has 4 rings (SSSR count). The largest absolute Gasteiger partial charge is 0.497 e. The lowest BCUT2D eigenvalue weighted by Gasteiger charge is -2.23. The Bertz CT molecular complexity index is 891. The van der Waals surface area contributed by atoms with Crippen LogP contribution in [0.2, 0.25) is 0 Å². The van der Waals surface area contributed by atoms with E-state index in [1.165, 1.54) is 5.56 Å². The zero-order chi connectivity index (χ0) is 18.6. The Hall–Kier alpha value is -2.86. The van der Waals surface area contributed by atoms with Crippen molar-refractivity contribution in [2.75, 3.05) is 25.2 Å². The van der Waals surface area contributed by atoms with Crippen LogP contribution >= 0.6 is 0 Å². The Morgan fingerprint density at radius 1 is 1.15 bits per heavy atom. The highest BCUT2D eigenvalue weighted by atomic mass is 16.5. The fourth-order valence-electron chi connectivity index (χ4n) is 3.36. The second-order valence-electron chi connectivity index (χ2n) is 6.63. The maximum atomic E-state index is 5.95. The lowest BCUT2D eigenvalue weighted by molar-refractivity contribution is 0.110. The van der Waals surface area contributed by atoms with Crippen molar-refractivity contribution in [2.24, 2.45) is 0 Å². The van der Waals surface area contributed by atoms with Crippen molar-refractivity contribution in [3.63, 3.8) is 0 Å². The molecule has 1 fully saturated rings. The molecule has 1 unspecified atom stereocenters. The number of nitrogens with zero attached hydrogens (tertiary/aromatic N) is 4. The fraction of sp³-hybridized carbons (Fsp3) is 0.333. The first-order valence-corrected chi connectivity index (χ1v) is 9.27. The third-order valence-corrected chi connectivity index (χ3v) is 4.86. The zero-order valence-corrected chi connectivity index (χ0v) is 15.7. The monoisotopic (exact) mass is 364 g/mol. The number of aryl methyl sites for hydroxylation is 1. The molecular formula is C21H24N4O2. The number of benzene rings is 2. The molecule has 1 atom stereocenters. The summed E-state index contributed by atoms with van der Waals surface area (Å²) in [6.45, 7) is 4.33. The van der Waals surface area contributed by atoms with Crippen molar-refractivity contribution in [3.05, 3.63) is 71.5 Å².